The number of esters is 2. The molecule has 11 heteroatoms. The summed E-state index contributed by atoms with van der Waals surface area (Å²) in [6.07, 6.45) is 2.09. The Labute approximate surface area is 250 Å². The Kier molecular flexibility index (Phi) is 13.4. The summed E-state index contributed by atoms with van der Waals surface area (Å²) in [7, 11) is 5.93. The molecule has 0 saturated heterocycles. The average Bonchev–Trinajstić information content (AvgIpc) is 2.94. The lowest BCUT2D eigenvalue weighted by Crippen LogP contribution is -2.17. The van der Waals surface area contributed by atoms with Crippen molar-refractivity contribution in [3.63, 3.8) is 0 Å². The zero-order valence-electron chi connectivity index (χ0n) is 25.3. The van der Waals surface area contributed by atoms with Crippen LogP contribution in [0.1, 0.15) is 62.3 Å². The Hall–Kier alpha value is -4.22. The van der Waals surface area contributed by atoms with Crippen LogP contribution in [-0.2, 0) is 28.7 Å². The largest absolute Gasteiger partial charge is 0.469 e. The van der Waals surface area contributed by atoms with Crippen molar-refractivity contribution in [3.05, 3.63) is 59.1 Å². The molecule has 2 atom stereocenters. The molecule has 2 aromatic rings. The molecular formula is C32H39FN2O8. The van der Waals surface area contributed by atoms with E-state index in [1.165, 1.54) is 38.5 Å². The molecule has 0 amide bonds. The van der Waals surface area contributed by atoms with Gasteiger partial charge in [0.2, 0.25) is 0 Å². The van der Waals surface area contributed by atoms with Crippen LogP contribution in [0.3, 0.4) is 0 Å². The van der Waals surface area contributed by atoms with E-state index in [4.69, 9.17) is 4.98 Å². The van der Waals surface area contributed by atoms with Crippen LogP contribution in [0.15, 0.2) is 36.4 Å². The van der Waals surface area contributed by atoms with E-state index < -0.39 is 54.4 Å². The van der Waals surface area contributed by atoms with Crippen molar-refractivity contribution in [3.8, 4) is 11.1 Å². The monoisotopic (exact) mass is 598 g/mol. The highest BCUT2D eigenvalue weighted by atomic mass is 19.1. The van der Waals surface area contributed by atoms with Gasteiger partial charge in [0.15, 0.2) is 0 Å². The van der Waals surface area contributed by atoms with Crippen LogP contribution in [0, 0.1) is 5.82 Å². The van der Waals surface area contributed by atoms with Gasteiger partial charge in [0, 0.05) is 43.6 Å². The molecule has 0 aliphatic carbocycles. The molecule has 232 valence electrons. The smallest absolute Gasteiger partial charge is 0.313 e. The topological polar surface area (TPSA) is 143 Å². The number of carbonyl (C=O) groups excluding carboxylic acids is 4. The van der Waals surface area contributed by atoms with Gasteiger partial charge >= 0.3 is 11.9 Å². The van der Waals surface area contributed by atoms with Crippen LogP contribution in [-0.4, -0.2) is 79.2 Å². The fraction of sp³-hybridized carbons (Fsp3) is 0.406. The normalized spacial score (nSPS) is 12.9. The number of aromatic nitrogens is 1. The maximum Gasteiger partial charge on any atom is 0.313 e. The van der Waals surface area contributed by atoms with Crippen LogP contribution in [0.2, 0.25) is 0 Å². The van der Waals surface area contributed by atoms with E-state index in [1.807, 2.05) is 13.8 Å². The molecule has 0 aliphatic rings. The predicted octanol–water partition coefficient (Wildman–Crippen LogP) is 3.87. The Bertz CT molecular complexity index is 1290. The van der Waals surface area contributed by atoms with Gasteiger partial charge < -0.3 is 24.6 Å². The number of rotatable bonds is 15. The quantitative estimate of drug-likeness (QED) is 0.229. The van der Waals surface area contributed by atoms with Gasteiger partial charge in [-0.3, -0.25) is 19.2 Å². The summed E-state index contributed by atoms with van der Waals surface area (Å²) in [4.78, 5) is 53.9. The number of hydrogen-bond acceptors (Lipinski definition) is 10. The molecule has 1 heterocycles. The fourth-order valence-corrected chi connectivity index (χ4v) is 4.28. The summed E-state index contributed by atoms with van der Waals surface area (Å²) in [5, 5.41) is 21.2. The molecule has 0 aliphatic heterocycles. The van der Waals surface area contributed by atoms with Gasteiger partial charge in [-0.1, -0.05) is 50.3 Å². The lowest BCUT2D eigenvalue weighted by molar-refractivity contribution is -0.145. The second-order valence-electron chi connectivity index (χ2n) is 10.4. The summed E-state index contributed by atoms with van der Waals surface area (Å²) in [5.74, 6) is -2.41. The van der Waals surface area contributed by atoms with E-state index >= 15 is 0 Å². The molecule has 0 spiro atoms. The first kappa shape index (κ1) is 35.0. The van der Waals surface area contributed by atoms with Crippen molar-refractivity contribution >= 4 is 41.5 Å². The van der Waals surface area contributed by atoms with E-state index in [1.54, 1.807) is 43.3 Å². The molecule has 2 rings (SSSR count). The second-order valence-corrected chi connectivity index (χ2v) is 10.4. The van der Waals surface area contributed by atoms with E-state index in [0.29, 0.717) is 33.8 Å². The van der Waals surface area contributed by atoms with Crippen LogP contribution in [0.25, 0.3) is 23.3 Å². The number of ether oxygens (including phenoxy) is 2. The summed E-state index contributed by atoms with van der Waals surface area (Å²) >= 11 is 0. The first-order valence-corrected chi connectivity index (χ1v) is 13.7. The minimum absolute atomic E-state index is 0.102. The second kappa shape index (κ2) is 16.4. The third-order valence-corrected chi connectivity index (χ3v) is 6.37. The maximum atomic E-state index is 14.0. The van der Waals surface area contributed by atoms with Crippen molar-refractivity contribution in [1.29, 1.82) is 0 Å². The van der Waals surface area contributed by atoms with Gasteiger partial charge in [0.25, 0.3) is 0 Å². The number of carbonyl (C=O) groups is 4. The number of methoxy groups -OCH3 is 2. The molecular weight excluding hydrogens is 559 g/mol. The van der Waals surface area contributed by atoms with Gasteiger partial charge in [-0.15, -0.1) is 0 Å². The summed E-state index contributed by atoms with van der Waals surface area (Å²) in [6, 6.07) is 5.80. The number of nitrogens with zero attached hydrogens (tertiary/aromatic N) is 2. The summed E-state index contributed by atoms with van der Waals surface area (Å²) < 4.78 is 23.0. The number of aliphatic hydroxyl groups is 2. The summed E-state index contributed by atoms with van der Waals surface area (Å²) in [5.41, 5.74) is 2.99. The molecule has 2 unspecified atom stereocenters. The van der Waals surface area contributed by atoms with Crippen LogP contribution >= 0.6 is 0 Å². The molecule has 0 saturated carbocycles. The Morgan fingerprint density at radius 3 is 1.74 bits per heavy atom. The highest BCUT2D eigenvalue weighted by Crippen LogP contribution is 2.39. The molecule has 1 aromatic heterocycles. The summed E-state index contributed by atoms with van der Waals surface area (Å²) in [6.45, 7) is 3.88. The lowest BCUT2D eigenvalue weighted by Gasteiger charge is -2.24. The molecule has 2 N–H and O–H groups in total. The minimum Gasteiger partial charge on any atom is -0.469 e. The third-order valence-electron chi connectivity index (χ3n) is 6.37. The Balaban J connectivity index is 2.69. The van der Waals surface area contributed by atoms with E-state index in [0.717, 1.165) is 0 Å². The molecule has 0 bridgehead atoms. The van der Waals surface area contributed by atoms with Gasteiger partial charge in [0.1, 0.15) is 36.0 Å². The number of Topliss-reactive ketones (excluding diaryl/α,β-unsaturated/α-hetero) is 2. The van der Waals surface area contributed by atoms with Gasteiger partial charge in [-0.05, 0) is 23.6 Å². The Morgan fingerprint density at radius 1 is 0.860 bits per heavy atom. The molecule has 10 nitrogen and oxygen atoms in total. The average molecular weight is 599 g/mol. The number of ketones is 2. The number of benzene rings is 1. The number of hydrogen-bond donors (Lipinski definition) is 2. The van der Waals surface area contributed by atoms with E-state index in [9.17, 15) is 33.8 Å². The number of anilines is 1. The van der Waals surface area contributed by atoms with Crippen LogP contribution < -0.4 is 4.90 Å². The standard InChI is InChI=1S/C32H39FN2O8/c1-19(2)31-26(13-11-22(36)15-24(38)17-28(40)42-5)30(20-7-9-21(33)10-8-20)27(32(34-31)35(3)4)14-12-23(37)16-25(39)18-29(41)43-6/h7-14,19,22-23,36-37H,15-18H2,1-6H3. The van der Waals surface area contributed by atoms with E-state index in [-0.39, 0.29) is 18.8 Å². The number of halogens is 1. The van der Waals surface area contributed by atoms with Crippen molar-refractivity contribution in [2.75, 3.05) is 33.2 Å². The van der Waals surface area contributed by atoms with Crippen molar-refractivity contribution in [2.24, 2.45) is 0 Å². The molecule has 0 fully saturated rings. The minimum atomic E-state index is -1.22. The first-order valence-electron chi connectivity index (χ1n) is 13.7. The van der Waals surface area contributed by atoms with Crippen LogP contribution in [0.4, 0.5) is 10.2 Å². The number of pyridine rings is 1. The van der Waals surface area contributed by atoms with Crippen molar-refractivity contribution < 1.29 is 43.3 Å². The van der Waals surface area contributed by atoms with Gasteiger partial charge in [-0.25, -0.2) is 9.37 Å². The zero-order chi connectivity index (χ0) is 32.3. The lowest BCUT2D eigenvalue weighted by atomic mass is 9.89. The SMILES string of the molecule is COC(=O)CC(=O)CC(O)C=Cc1c(C(C)C)nc(N(C)C)c(C=CC(O)CC(=O)CC(=O)OC)c1-c1ccc(F)cc1. The Morgan fingerprint density at radius 2 is 1.33 bits per heavy atom. The fourth-order valence-electron chi connectivity index (χ4n) is 4.28. The predicted molar refractivity (Wildman–Crippen MR) is 161 cm³/mol. The molecule has 43 heavy (non-hydrogen) atoms. The highest BCUT2D eigenvalue weighted by Gasteiger charge is 2.22. The maximum absolute atomic E-state index is 14.0. The highest BCUT2D eigenvalue weighted by molar-refractivity contribution is 5.96. The number of aliphatic hydroxyl groups excluding tert-OH is 2. The van der Waals surface area contributed by atoms with Gasteiger partial charge in [0.05, 0.1) is 32.1 Å². The van der Waals surface area contributed by atoms with Crippen LogP contribution in [0.5, 0.6) is 0 Å². The van der Waals surface area contributed by atoms with Crippen molar-refractivity contribution in [2.45, 2.75) is 57.7 Å². The zero-order valence-corrected chi connectivity index (χ0v) is 25.3. The van der Waals surface area contributed by atoms with E-state index in [2.05, 4.69) is 9.47 Å². The first-order chi connectivity index (χ1) is 20.3. The van der Waals surface area contributed by atoms with Gasteiger partial charge in [-0.2, -0.15) is 0 Å². The third kappa shape index (κ3) is 10.5. The molecule has 1 aromatic carbocycles. The molecule has 0 radical (unpaired) electrons. The van der Waals surface area contributed by atoms with Crippen molar-refractivity contribution in [1.82, 2.24) is 4.98 Å².